The molecule has 0 saturated carbocycles. The van der Waals surface area contributed by atoms with Crippen LogP contribution in [0.1, 0.15) is 52.7 Å². The molecule has 0 unspecified atom stereocenters. The first kappa shape index (κ1) is 22.5. The summed E-state index contributed by atoms with van der Waals surface area (Å²) in [4.78, 5) is 30.6. The van der Waals surface area contributed by atoms with Gasteiger partial charge in [0.15, 0.2) is 0 Å². The highest BCUT2D eigenvalue weighted by molar-refractivity contribution is 5.94. The van der Waals surface area contributed by atoms with E-state index in [9.17, 15) is 9.59 Å². The number of hydrogen-bond acceptors (Lipinski definition) is 3. The van der Waals surface area contributed by atoms with Gasteiger partial charge in [0.25, 0.3) is 5.91 Å². The van der Waals surface area contributed by atoms with E-state index in [2.05, 4.69) is 11.8 Å². The monoisotopic (exact) mass is 434 g/mol. The van der Waals surface area contributed by atoms with Crippen molar-refractivity contribution in [1.82, 2.24) is 9.80 Å². The number of nitrogens with zero attached hydrogens (tertiary/aromatic N) is 2. The van der Waals surface area contributed by atoms with E-state index in [0.717, 1.165) is 42.4 Å². The number of amides is 2. The third-order valence-corrected chi connectivity index (χ3v) is 6.97. The van der Waals surface area contributed by atoms with Crippen LogP contribution in [-0.4, -0.2) is 60.0 Å². The molecule has 0 spiro atoms. The lowest BCUT2D eigenvalue weighted by Gasteiger charge is -2.43. The second-order valence-electron chi connectivity index (χ2n) is 9.13. The predicted molar refractivity (Wildman–Crippen MR) is 126 cm³/mol. The van der Waals surface area contributed by atoms with Crippen LogP contribution in [0.4, 0.5) is 0 Å². The van der Waals surface area contributed by atoms with Crippen molar-refractivity contribution in [1.29, 1.82) is 0 Å². The average Bonchev–Trinajstić information content (AvgIpc) is 2.82. The Balaban J connectivity index is 1.44. The summed E-state index contributed by atoms with van der Waals surface area (Å²) in [5, 5.41) is 0. The van der Waals surface area contributed by atoms with E-state index >= 15 is 0 Å². The van der Waals surface area contributed by atoms with Crippen LogP contribution in [-0.2, 0) is 16.0 Å². The molecule has 0 radical (unpaired) electrons. The van der Waals surface area contributed by atoms with E-state index in [4.69, 9.17) is 4.74 Å². The molecule has 0 aromatic heterocycles. The predicted octanol–water partition coefficient (Wildman–Crippen LogP) is 4.16. The minimum absolute atomic E-state index is 0.0970. The number of ether oxygens (including phenoxy) is 1. The molecule has 170 valence electrons. The average molecular weight is 435 g/mol. The van der Waals surface area contributed by atoms with Gasteiger partial charge in [-0.25, -0.2) is 0 Å². The number of benzene rings is 2. The highest BCUT2D eigenvalue weighted by Crippen LogP contribution is 2.26. The number of rotatable bonds is 5. The largest absolute Gasteiger partial charge is 0.381 e. The van der Waals surface area contributed by atoms with E-state index in [1.165, 1.54) is 5.56 Å². The molecule has 2 aliphatic rings. The highest BCUT2D eigenvalue weighted by atomic mass is 16.5. The van der Waals surface area contributed by atoms with E-state index in [1.807, 2.05) is 60.4 Å². The Labute approximate surface area is 191 Å². The minimum atomic E-state index is 0.0970. The molecule has 2 saturated heterocycles. The molecule has 32 heavy (non-hydrogen) atoms. The van der Waals surface area contributed by atoms with Crippen LogP contribution >= 0.6 is 0 Å². The van der Waals surface area contributed by atoms with Crippen LogP contribution < -0.4 is 0 Å². The zero-order valence-electron chi connectivity index (χ0n) is 19.3. The number of piperidine rings is 1. The van der Waals surface area contributed by atoms with E-state index in [-0.39, 0.29) is 23.9 Å². The maximum absolute atomic E-state index is 13.4. The fourth-order valence-electron chi connectivity index (χ4n) is 4.93. The van der Waals surface area contributed by atoms with Gasteiger partial charge in [0.1, 0.15) is 0 Å². The Morgan fingerprint density at radius 3 is 2.22 bits per heavy atom. The summed E-state index contributed by atoms with van der Waals surface area (Å²) in [6.07, 6.45) is 3.87. The van der Waals surface area contributed by atoms with Crippen molar-refractivity contribution in [3.8, 4) is 0 Å². The van der Waals surface area contributed by atoms with Gasteiger partial charge in [-0.2, -0.15) is 0 Å². The molecule has 0 N–H and O–H groups in total. The van der Waals surface area contributed by atoms with Gasteiger partial charge in [-0.15, -0.1) is 0 Å². The maximum Gasteiger partial charge on any atom is 0.253 e. The number of likely N-dealkylation sites (tertiary alicyclic amines) is 1. The fourth-order valence-corrected chi connectivity index (χ4v) is 4.93. The number of carbonyl (C=O) groups is 2. The molecule has 2 aromatic carbocycles. The first-order valence-electron chi connectivity index (χ1n) is 11.8. The molecular formula is C27H34N2O3. The van der Waals surface area contributed by atoms with Gasteiger partial charge in [-0.1, -0.05) is 36.4 Å². The minimum Gasteiger partial charge on any atom is -0.381 e. The number of hydrogen-bond donors (Lipinski definition) is 0. The molecule has 0 bridgehead atoms. The number of aryl methyl sites for hydroxylation is 2. The molecule has 0 atom stereocenters. The molecule has 5 heteroatoms. The summed E-state index contributed by atoms with van der Waals surface area (Å²) in [6.45, 7) is 6.91. The van der Waals surface area contributed by atoms with Gasteiger partial charge in [-0.3, -0.25) is 9.59 Å². The lowest BCUT2D eigenvalue weighted by molar-refractivity contribution is -0.139. The van der Waals surface area contributed by atoms with Gasteiger partial charge in [0, 0.05) is 44.0 Å². The zero-order chi connectivity index (χ0) is 22.5. The molecule has 2 amide bonds. The van der Waals surface area contributed by atoms with Crippen LogP contribution in [0.15, 0.2) is 48.5 Å². The lowest BCUT2D eigenvalue weighted by atomic mass is 9.96. The smallest absolute Gasteiger partial charge is 0.253 e. The van der Waals surface area contributed by atoms with E-state index in [1.54, 1.807) is 0 Å². The second kappa shape index (κ2) is 10.3. The molecule has 2 aromatic rings. The Kier molecular flexibility index (Phi) is 7.26. The Hall–Kier alpha value is -2.66. The van der Waals surface area contributed by atoms with E-state index < -0.39 is 0 Å². The molecule has 2 heterocycles. The summed E-state index contributed by atoms with van der Waals surface area (Å²) in [7, 11) is 0. The van der Waals surface area contributed by atoms with Gasteiger partial charge >= 0.3 is 0 Å². The second-order valence-corrected chi connectivity index (χ2v) is 9.13. The highest BCUT2D eigenvalue weighted by Gasteiger charge is 2.35. The van der Waals surface area contributed by atoms with Crippen molar-refractivity contribution in [3.05, 3.63) is 70.8 Å². The Bertz CT molecular complexity index is 929. The van der Waals surface area contributed by atoms with Gasteiger partial charge in [0.2, 0.25) is 5.91 Å². The molecule has 2 fully saturated rings. The van der Waals surface area contributed by atoms with Gasteiger partial charge < -0.3 is 14.5 Å². The van der Waals surface area contributed by atoms with Crippen molar-refractivity contribution in [3.63, 3.8) is 0 Å². The SMILES string of the molecule is Cc1ccc(C(=O)N2CCC(N(C(=O)Cc3ccccc3)C3CCOCC3)CC2)cc1C. The maximum atomic E-state index is 13.4. The summed E-state index contributed by atoms with van der Waals surface area (Å²) in [6, 6.07) is 16.3. The van der Waals surface area contributed by atoms with Gasteiger partial charge in [-0.05, 0) is 68.4 Å². The number of carbonyl (C=O) groups excluding carboxylic acids is 2. The van der Waals surface area contributed by atoms with Crippen LogP contribution in [0.5, 0.6) is 0 Å². The fraction of sp³-hybridized carbons (Fsp3) is 0.481. The molecule has 4 rings (SSSR count). The Morgan fingerprint density at radius 1 is 0.906 bits per heavy atom. The zero-order valence-corrected chi connectivity index (χ0v) is 19.3. The quantitative estimate of drug-likeness (QED) is 0.710. The van der Waals surface area contributed by atoms with Crippen LogP contribution in [0, 0.1) is 13.8 Å². The molecule has 0 aliphatic carbocycles. The summed E-state index contributed by atoms with van der Waals surface area (Å²) in [5.74, 6) is 0.293. The molecule has 2 aliphatic heterocycles. The lowest BCUT2D eigenvalue weighted by Crippen LogP contribution is -2.54. The normalized spacial score (nSPS) is 17.9. The van der Waals surface area contributed by atoms with Crippen molar-refractivity contribution in [2.75, 3.05) is 26.3 Å². The van der Waals surface area contributed by atoms with Crippen LogP contribution in [0.25, 0.3) is 0 Å². The third kappa shape index (κ3) is 5.21. The standard InChI is InChI=1S/C27H34N2O3/c1-20-8-9-23(18-21(20)2)27(31)28-14-10-24(11-15-28)29(25-12-16-32-17-13-25)26(30)19-22-6-4-3-5-7-22/h3-9,18,24-25H,10-17,19H2,1-2H3. The summed E-state index contributed by atoms with van der Waals surface area (Å²) in [5.41, 5.74) is 4.15. The van der Waals surface area contributed by atoms with Crippen molar-refractivity contribution in [2.45, 2.75) is 58.0 Å². The molecular weight excluding hydrogens is 400 g/mol. The first-order chi connectivity index (χ1) is 15.5. The summed E-state index contributed by atoms with van der Waals surface area (Å²) < 4.78 is 5.56. The van der Waals surface area contributed by atoms with E-state index in [0.29, 0.717) is 32.7 Å². The van der Waals surface area contributed by atoms with Crippen molar-refractivity contribution in [2.24, 2.45) is 0 Å². The molecule has 5 nitrogen and oxygen atoms in total. The van der Waals surface area contributed by atoms with Crippen LogP contribution in [0.2, 0.25) is 0 Å². The first-order valence-corrected chi connectivity index (χ1v) is 11.8. The Morgan fingerprint density at radius 2 is 1.56 bits per heavy atom. The topological polar surface area (TPSA) is 49.9 Å². The third-order valence-electron chi connectivity index (χ3n) is 6.97. The van der Waals surface area contributed by atoms with Crippen molar-refractivity contribution < 1.29 is 14.3 Å². The van der Waals surface area contributed by atoms with Gasteiger partial charge in [0.05, 0.1) is 6.42 Å². The van der Waals surface area contributed by atoms with Crippen molar-refractivity contribution >= 4 is 11.8 Å². The van der Waals surface area contributed by atoms with Crippen LogP contribution in [0.3, 0.4) is 0 Å². The summed E-state index contributed by atoms with van der Waals surface area (Å²) >= 11 is 0.